The number of aryl methyl sites for hydroxylation is 1. The third-order valence-electron chi connectivity index (χ3n) is 2.70. The van der Waals surface area contributed by atoms with Crippen molar-refractivity contribution < 1.29 is 9.90 Å². The first kappa shape index (κ1) is 14.3. The van der Waals surface area contributed by atoms with Crippen LogP contribution in [0.3, 0.4) is 0 Å². The molecule has 0 bridgehead atoms. The van der Waals surface area contributed by atoms with Crippen LogP contribution in [0.2, 0.25) is 0 Å². The molecule has 0 aliphatic carbocycles. The molecule has 21 heavy (non-hydrogen) atoms. The van der Waals surface area contributed by atoms with E-state index in [1.54, 1.807) is 24.4 Å². The zero-order valence-corrected chi connectivity index (χ0v) is 11.4. The van der Waals surface area contributed by atoms with E-state index >= 15 is 0 Å². The molecule has 0 atom stereocenters. The fourth-order valence-corrected chi connectivity index (χ4v) is 1.72. The van der Waals surface area contributed by atoms with Gasteiger partial charge in [0.1, 0.15) is 23.2 Å². The topological polar surface area (TPSA) is 86.0 Å². The Balaban J connectivity index is 2.21. The largest absolute Gasteiger partial charge is 0.508 e. The number of phenols is 1. The lowest BCUT2D eigenvalue weighted by molar-refractivity contribution is -0.112. The number of benzene rings is 1. The van der Waals surface area contributed by atoms with Crippen molar-refractivity contribution in [2.75, 3.05) is 5.32 Å². The van der Waals surface area contributed by atoms with Gasteiger partial charge in [0.2, 0.25) is 0 Å². The van der Waals surface area contributed by atoms with Gasteiger partial charge in [-0.1, -0.05) is 12.1 Å². The molecular weight excluding hydrogens is 266 g/mol. The number of anilines is 1. The number of nitrogens with zero attached hydrogens (tertiary/aromatic N) is 2. The maximum absolute atomic E-state index is 12.0. The van der Waals surface area contributed by atoms with E-state index in [1.807, 2.05) is 19.1 Å². The highest BCUT2D eigenvalue weighted by atomic mass is 16.3. The van der Waals surface area contributed by atoms with E-state index in [9.17, 15) is 9.90 Å². The molecule has 1 aromatic carbocycles. The molecule has 0 aliphatic heterocycles. The van der Waals surface area contributed by atoms with Crippen LogP contribution in [0.1, 0.15) is 11.1 Å². The van der Waals surface area contributed by atoms with Gasteiger partial charge in [0.25, 0.3) is 5.91 Å². The van der Waals surface area contributed by atoms with Crippen LogP contribution in [0.4, 0.5) is 5.82 Å². The van der Waals surface area contributed by atoms with Gasteiger partial charge >= 0.3 is 0 Å². The Labute approximate surface area is 122 Å². The summed E-state index contributed by atoms with van der Waals surface area (Å²) in [6, 6.07) is 11.7. The highest BCUT2D eigenvalue weighted by Crippen LogP contribution is 2.15. The molecule has 1 aromatic heterocycles. The zero-order chi connectivity index (χ0) is 15.2. The van der Waals surface area contributed by atoms with Gasteiger partial charge < -0.3 is 10.4 Å². The molecule has 2 aromatic rings. The molecule has 0 spiro atoms. The SMILES string of the molecule is Cc1ccnc(NC(=O)/C(C#N)=C/c2cccc(O)c2)c1. The van der Waals surface area contributed by atoms with Crippen molar-refractivity contribution in [3.05, 3.63) is 59.3 Å². The molecule has 104 valence electrons. The number of rotatable bonds is 3. The highest BCUT2D eigenvalue weighted by Gasteiger charge is 2.10. The summed E-state index contributed by atoms with van der Waals surface area (Å²) in [6.07, 6.45) is 2.99. The van der Waals surface area contributed by atoms with Gasteiger partial charge in [0.15, 0.2) is 0 Å². The molecule has 1 amide bonds. The summed E-state index contributed by atoms with van der Waals surface area (Å²) >= 11 is 0. The van der Waals surface area contributed by atoms with Crippen molar-refractivity contribution in [2.45, 2.75) is 6.92 Å². The van der Waals surface area contributed by atoms with E-state index in [-0.39, 0.29) is 11.3 Å². The minimum absolute atomic E-state index is 0.0658. The average molecular weight is 279 g/mol. The number of carbonyl (C=O) groups excluding carboxylic acids is 1. The van der Waals surface area contributed by atoms with E-state index in [2.05, 4.69) is 10.3 Å². The summed E-state index contributed by atoms with van der Waals surface area (Å²) in [4.78, 5) is 16.0. The molecular formula is C16H13N3O2. The van der Waals surface area contributed by atoms with Crippen LogP contribution in [-0.4, -0.2) is 16.0 Å². The fourth-order valence-electron chi connectivity index (χ4n) is 1.72. The number of aromatic nitrogens is 1. The molecule has 0 radical (unpaired) electrons. The summed E-state index contributed by atoms with van der Waals surface area (Å²) in [5.41, 5.74) is 1.46. The minimum atomic E-state index is -0.543. The first-order valence-electron chi connectivity index (χ1n) is 6.23. The lowest BCUT2D eigenvalue weighted by atomic mass is 10.1. The monoisotopic (exact) mass is 279 g/mol. The molecule has 0 fully saturated rings. The van der Waals surface area contributed by atoms with E-state index in [0.29, 0.717) is 11.4 Å². The van der Waals surface area contributed by atoms with Gasteiger partial charge in [-0.2, -0.15) is 5.26 Å². The van der Waals surface area contributed by atoms with Gasteiger partial charge in [0, 0.05) is 6.20 Å². The van der Waals surface area contributed by atoms with Crippen LogP contribution >= 0.6 is 0 Å². The van der Waals surface area contributed by atoms with Gasteiger partial charge in [-0.3, -0.25) is 4.79 Å². The lowest BCUT2D eigenvalue weighted by Gasteiger charge is -2.04. The lowest BCUT2D eigenvalue weighted by Crippen LogP contribution is -2.14. The molecule has 2 N–H and O–H groups in total. The van der Waals surface area contributed by atoms with Crippen LogP contribution in [0.15, 0.2) is 48.2 Å². The highest BCUT2D eigenvalue weighted by molar-refractivity contribution is 6.09. The van der Waals surface area contributed by atoms with Crippen molar-refractivity contribution in [3.8, 4) is 11.8 Å². The Kier molecular flexibility index (Phi) is 4.32. The zero-order valence-electron chi connectivity index (χ0n) is 11.4. The quantitative estimate of drug-likeness (QED) is 0.668. The predicted molar refractivity (Wildman–Crippen MR) is 79.3 cm³/mol. The number of pyridine rings is 1. The van der Waals surface area contributed by atoms with Crippen molar-refractivity contribution in [1.29, 1.82) is 5.26 Å². The van der Waals surface area contributed by atoms with Crippen molar-refractivity contribution in [2.24, 2.45) is 0 Å². The van der Waals surface area contributed by atoms with E-state index in [1.165, 1.54) is 18.2 Å². The van der Waals surface area contributed by atoms with Crippen LogP contribution in [0.25, 0.3) is 6.08 Å². The summed E-state index contributed by atoms with van der Waals surface area (Å²) in [5.74, 6) is -0.0854. The van der Waals surface area contributed by atoms with Crippen molar-refractivity contribution in [1.82, 2.24) is 4.98 Å². The third kappa shape index (κ3) is 3.91. The molecule has 0 saturated heterocycles. The van der Waals surface area contributed by atoms with Crippen molar-refractivity contribution in [3.63, 3.8) is 0 Å². The molecule has 0 unspecified atom stereocenters. The van der Waals surface area contributed by atoms with Crippen LogP contribution < -0.4 is 5.32 Å². The van der Waals surface area contributed by atoms with Crippen LogP contribution in [0.5, 0.6) is 5.75 Å². The van der Waals surface area contributed by atoms with Gasteiger partial charge in [-0.05, 0) is 48.4 Å². The summed E-state index contributed by atoms with van der Waals surface area (Å²) < 4.78 is 0. The standard InChI is InChI=1S/C16H13N3O2/c1-11-5-6-18-15(7-11)19-16(21)13(10-17)8-12-3-2-4-14(20)9-12/h2-9,20H,1H3,(H,18,19,21)/b13-8+. The molecule has 2 rings (SSSR count). The number of hydrogen-bond acceptors (Lipinski definition) is 4. The van der Waals surface area contributed by atoms with E-state index < -0.39 is 5.91 Å². The van der Waals surface area contributed by atoms with E-state index in [0.717, 1.165) is 5.56 Å². The number of hydrogen-bond donors (Lipinski definition) is 2. The Morgan fingerprint density at radius 2 is 2.19 bits per heavy atom. The van der Waals surface area contributed by atoms with Gasteiger partial charge in [0.05, 0.1) is 0 Å². The maximum atomic E-state index is 12.0. The number of nitrogens with one attached hydrogen (secondary N) is 1. The second-order valence-corrected chi connectivity index (χ2v) is 4.44. The summed E-state index contributed by atoms with van der Waals surface area (Å²) in [6.45, 7) is 1.88. The number of nitriles is 1. The minimum Gasteiger partial charge on any atom is -0.508 e. The normalized spacial score (nSPS) is 10.8. The Bertz CT molecular complexity index is 745. The second-order valence-electron chi connectivity index (χ2n) is 4.44. The Morgan fingerprint density at radius 3 is 2.86 bits per heavy atom. The van der Waals surface area contributed by atoms with Crippen LogP contribution in [0, 0.1) is 18.3 Å². The van der Waals surface area contributed by atoms with E-state index in [4.69, 9.17) is 5.26 Å². The number of carbonyl (C=O) groups is 1. The second kappa shape index (κ2) is 6.35. The summed E-state index contributed by atoms with van der Waals surface area (Å²) in [7, 11) is 0. The number of amides is 1. The molecule has 0 saturated carbocycles. The number of phenolic OH excluding ortho intramolecular Hbond substituents is 1. The predicted octanol–water partition coefficient (Wildman–Crippen LogP) is 2.64. The fraction of sp³-hybridized carbons (Fsp3) is 0.0625. The molecule has 5 heteroatoms. The van der Waals surface area contributed by atoms with Gasteiger partial charge in [-0.25, -0.2) is 4.98 Å². The third-order valence-corrected chi connectivity index (χ3v) is 2.70. The smallest absolute Gasteiger partial charge is 0.267 e. The maximum Gasteiger partial charge on any atom is 0.267 e. The first-order chi connectivity index (χ1) is 10.1. The Hall–Kier alpha value is -3.13. The Morgan fingerprint density at radius 1 is 1.38 bits per heavy atom. The van der Waals surface area contributed by atoms with Crippen molar-refractivity contribution >= 4 is 17.8 Å². The molecule has 5 nitrogen and oxygen atoms in total. The average Bonchev–Trinajstić information content (AvgIpc) is 2.44. The number of aromatic hydroxyl groups is 1. The first-order valence-corrected chi connectivity index (χ1v) is 6.23. The van der Waals surface area contributed by atoms with Crippen LogP contribution in [-0.2, 0) is 4.79 Å². The van der Waals surface area contributed by atoms with Gasteiger partial charge in [-0.15, -0.1) is 0 Å². The summed E-state index contributed by atoms with van der Waals surface area (Å²) in [5, 5.41) is 21.0. The molecule has 0 aliphatic rings. The molecule has 1 heterocycles.